The van der Waals surface area contributed by atoms with Gasteiger partial charge in [-0.3, -0.25) is 14.5 Å². The van der Waals surface area contributed by atoms with Gasteiger partial charge in [0, 0.05) is 32.6 Å². The van der Waals surface area contributed by atoms with Crippen LogP contribution in [0, 0.1) is 0 Å². The van der Waals surface area contributed by atoms with Crippen molar-refractivity contribution in [1.29, 1.82) is 0 Å². The number of hydrogen-bond donors (Lipinski definition) is 3. The molecule has 0 spiro atoms. The number of nitrogens with zero attached hydrogens (tertiary/aromatic N) is 1. The molecule has 2 atom stereocenters. The molecule has 0 bridgehead atoms. The van der Waals surface area contributed by atoms with E-state index >= 15 is 0 Å². The molecule has 0 saturated carbocycles. The van der Waals surface area contributed by atoms with Crippen molar-refractivity contribution in [3.05, 3.63) is 35.4 Å². The fourth-order valence-corrected chi connectivity index (χ4v) is 3.53. The number of likely N-dealkylation sites (tertiary alicyclic amines) is 1. The predicted molar refractivity (Wildman–Crippen MR) is 106 cm³/mol. The van der Waals surface area contributed by atoms with Gasteiger partial charge in [0.05, 0.1) is 11.6 Å². The predicted octanol–water partition coefficient (Wildman–Crippen LogP) is 1.61. The first kappa shape index (κ1) is 21.4. The summed E-state index contributed by atoms with van der Waals surface area (Å²) < 4.78 is 0. The molecule has 3 N–H and O–H groups in total. The second-order valence-electron chi connectivity index (χ2n) is 8.10. The molecule has 150 valence electrons. The Balaban J connectivity index is 2.01. The third kappa shape index (κ3) is 6.96. The van der Waals surface area contributed by atoms with Crippen LogP contribution in [-0.2, 0) is 22.6 Å². The van der Waals surface area contributed by atoms with E-state index in [4.69, 9.17) is 0 Å². The van der Waals surface area contributed by atoms with E-state index in [0.29, 0.717) is 26.1 Å². The van der Waals surface area contributed by atoms with Crippen LogP contribution in [0.1, 0.15) is 51.7 Å². The molecule has 2 amide bonds. The molecule has 6 heteroatoms. The van der Waals surface area contributed by atoms with E-state index in [1.165, 1.54) is 12.5 Å². The number of amides is 2. The van der Waals surface area contributed by atoms with Gasteiger partial charge in [-0.15, -0.1) is 0 Å². The van der Waals surface area contributed by atoms with Gasteiger partial charge < -0.3 is 15.7 Å². The molecule has 1 heterocycles. The maximum atomic E-state index is 12.4. The maximum absolute atomic E-state index is 12.4. The minimum Gasteiger partial charge on any atom is -0.390 e. The molecule has 0 radical (unpaired) electrons. The van der Waals surface area contributed by atoms with Gasteiger partial charge in [-0.25, -0.2) is 0 Å². The van der Waals surface area contributed by atoms with Crippen molar-refractivity contribution in [1.82, 2.24) is 15.5 Å². The van der Waals surface area contributed by atoms with Crippen LogP contribution < -0.4 is 10.6 Å². The highest BCUT2D eigenvalue weighted by Gasteiger charge is 2.36. The molecule has 0 aromatic heterocycles. The second-order valence-corrected chi connectivity index (χ2v) is 8.10. The fraction of sp³-hybridized carbons (Fsp3) is 0.619. The molecular weight excluding hydrogens is 342 g/mol. The quantitative estimate of drug-likeness (QED) is 0.645. The normalized spacial score (nSPS) is 20.5. The van der Waals surface area contributed by atoms with Crippen LogP contribution in [0.5, 0.6) is 0 Å². The van der Waals surface area contributed by atoms with Gasteiger partial charge in [-0.1, -0.05) is 24.3 Å². The van der Waals surface area contributed by atoms with Crippen molar-refractivity contribution in [3.63, 3.8) is 0 Å². The maximum Gasteiger partial charge on any atom is 0.237 e. The van der Waals surface area contributed by atoms with Crippen LogP contribution in [0.2, 0.25) is 0 Å². The highest BCUT2D eigenvalue weighted by Crippen LogP contribution is 2.22. The van der Waals surface area contributed by atoms with E-state index in [2.05, 4.69) is 39.8 Å². The van der Waals surface area contributed by atoms with Crippen molar-refractivity contribution in [2.24, 2.45) is 0 Å². The molecule has 1 saturated heterocycles. The molecule has 27 heavy (non-hydrogen) atoms. The Morgan fingerprint density at radius 1 is 1.22 bits per heavy atom. The summed E-state index contributed by atoms with van der Waals surface area (Å²) in [6, 6.07) is 8.12. The number of hydrogen-bond acceptors (Lipinski definition) is 4. The Bertz CT molecular complexity index is 637. The first-order valence-corrected chi connectivity index (χ1v) is 9.77. The first-order valence-electron chi connectivity index (χ1n) is 9.77. The lowest BCUT2D eigenvalue weighted by atomic mass is 9.98. The molecule has 1 aromatic rings. The molecule has 1 aromatic carbocycles. The summed E-state index contributed by atoms with van der Waals surface area (Å²) in [6.07, 6.45) is 2.19. The van der Waals surface area contributed by atoms with E-state index in [0.717, 1.165) is 18.4 Å². The number of benzene rings is 1. The van der Waals surface area contributed by atoms with Gasteiger partial charge in [-0.05, 0) is 51.2 Å². The molecule has 6 nitrogen and oxygen atoms in total. The zero-order chi connectivity index (χ0) is 20.0. The Morgan fingerprint density at radius 3 is 2.41 bits per heavy atom. The molecule has 1 aliphatic rings. The molecule has 1 aliphatic heterocycles. The van der Waals surface area contributed by atoms with E-state index in [-0.39, 0.29) is 23.9 Å². The van der Waals surface area contributed by atoms with Crippen LogP contribution in [0.4, 0.5) is 0 Å². The third-order valence-corrected chi connectivity index (χ3v) is 4.90. The minimum atomic E-state index is -0.660. The van der Waals surface area contributed by atoms with Crippen LogP contribution in [0.25, 0.3) is 0 Å². The minimum absolute atomic E-state index is 0.00108. The van der Waals surface area contributed by atoms with Crippen LogP contribution in [-0.4, -0.2) is 52.6 Å². The Morgan fingerprint density at radius 2 is 1.85 bits per heavy atom. The van der Waals surface area contributed by atoms with Crippen molar-refractivity contribution >= 4 is 11.8 Å². The number of carbonyl (C=O) groups is 2. The zero-order valence-electron chi connectivity index (χ0n) is 16.9. The highest BCUT2D eigenvalue weighted by atomic mass is 16.3. The highest BCUT2D eigenvalue weighted by molar-refractivity contribution is 5.82. The molecule has 1 fully saturated rings. The number of aliphatic hydroxyl groups is 1. The SMILES string of the molecule is CCNC(=O)[C@@H]1C[C@H](NC(C)=O)CN1Cc1ccc(CCC(C)(C)O)cc1. The summed E-state index contributed by atoms with van der Waals surface area (Å²) in [7, 11) is 0. The number of rotatable bonds is 8. The van der Waals surface area contributed by atoms with E-state index < -0.39 is 5.60 Å². The van der Waals surface area contributed by atoms with Gasteiger partial charge >= 0.3 is 0 Å². The van der Waals surface area contributed by atoms with E-state index in [9.17, 15) is 14.7 Å². The van der Waals surface area contributed by atoms with Gasteiger partial charge in [0.25, 0.3) is 0 Å². The average Bonchev–Trinajstić information content (AvgIpc) is 2.95. The van der Waals surface area contributed by atoms with E-state index in [1.54, 1.807) is 0 Å². The van der Waals surface area contributed by atoms with Crippen LogP contribution in [0.3, 0.4) is 0 Å². The summed E-state index contributed by atoms with van der Waals surface area (Å²) in [5.74, 6) is -0.0418. The third-order valence-electron chi connectivity index (χ3n) is 4.90. The number of nitrogens with one attached hydrogen (secondary N) is 2. The van der Waals surface area contributed by atoms with Crippen molar-refractivity contribution in [3.8, 4) is 0 Å². The lowest BCUT2D eigenvalue weighted by Gasteiger charge is -2.23. The second kappa shape index (κ2) is 9.33. The van der Waals surface area contributed by atoms with Gasteiger partial charge in [0.1, 0.15) is 0 Å². The lowest BCUT2D eigenvalue weighted by molar-refractivity contribution is -0.125. The smallest absolute Gasteiger partial charge is 0.237 e. The molecule has 0 aliphatic carbocycles. The summed E-state index contributed by atoms with van der Waals surface area (Å²) in [5.41, 5.74) is 1.67. The number of likely N-dealkylation sites (N-methyl/N-ethyl adjacent to an activating group) is 1. The van der Waals surface area contributed by atoms with Gasteiger partial charge in [0.2, 0.25) is 11.8 Å². The molecule has 0 unspecified atom stereocenters. The fourth-order valence-electron chi connectivity index (χ4n) is 3.53. The van der Waals surface area contributed by atoms with Gasteiger partial charge in [0.15, 0.2) is 0 Å². The number of aryl methyl sites for hydroxylation is 1. The van der Waals surface area contributed by atoms with Crippen molar-refractivity contribution < 1.29 is 14.7 Å². The summed E-state index contributed by atoms with van der Waals surface area (Å²) >= 11 is 0. The Labute approximate surface area is 162 Å². The molecular formula is C21H33N3O3. The molecule has 2 rings (SSSR count). The Hall–Kier alpha value is -1.92. The number of carbonyl (C=O) groups excluding carboxylic acids is 2. The monoisotopic (exact) mass is 375 g/mol. The standard InChI is InChI=1S/C21H33N3O3/c1-5-22-20(26)19-12-18(23-15(2)25)14-24(19)13-17-8-6-16(7-9-17)10-11-21(3,4)27/h6-9,18-19,27H,5,10-14H2,1-4H3,(H,22,26)(H,23,25)/t18-,19-/m0/s1. The van der Waals surface area contributed by atoms with Crippen molar-refractivity contribution in [2.75, 3.05) is 13.1 Å². The topological polar surface area (TPSA) is 81.7 Å². The summed E-state index contributed by atoms with van der Waals surface area (Å²) in [6.45, 7) is 9.00. The largest absolute Gasteiger partial charge is 0.390 e. The van der Waals surface area contributed by atoms with Crippen molar-refractivity contribution in [2.45, 2.75) is 71.2 Å². The summed E-state index contributed by atoms with van der Waals surface area (Å²) in [5, 5.41) is 15.7. The van der Waals surface area contributed by atoms with Gasteiger partial charge in [-0.2, -0.15) is 0 Å². The Kier molecular flexibility index (Phi) is 7.39. The zero-order valence-corrected chi connectivity index (χ0v) is 16.9. The van der Waals surface area contributed by atoms with Crippen LogP contribution >= 0.6 is 0 Å². The summed E-state index contributed by atoms with van der Waals surface area (Å²) in [4.78, 5) is 25.9. The van der Waals surface area contributed by atoms with Crippen LogP contribution in [0.15, 0.2) is 24.3 Å². The first-order chi connectivity index (χ1) is 12.7. The lowest BCUT2D eigenvalue weighted by Crippen LogP contribution is -2.42. The average molecular weight is 376 g/mol. The van der Waals surface area contributed by atoms with E-state index in [1.807, 2.05) is 20.8 Å².